The second-order valence-corrected chi connectivity index (χ2v) is 7.94. The van der Waals surface area contributed by atoms with Crippen LogP contribution in [0.3, 0.4) is 0 Å². The Bertz CT molecular complexity index is 1440. The molecule has 0 atom stereocenters. The fourth-order valence-electron chi connectivity index (χ4n) is 4.02. The second kappa shape index (κ2) is 8.48. The van der Waals surface area contributed by atoms with E-state index >= 15 is 0 Å². The summed E-state index contributed by atoms with van der Waals surface area (Å²) in [5.41, 5.74) is 3.82. The van der Waals surface area contributed by atoms with Crippen LogP contribution in [-0.4, -0.2) is 20.6 Å². The molecule has 5 aromatic rings. The Balaban J connectivity index is 1.30. The minimum atomic E-state index is -0.110. The summed E-state index contributed by atoms with van der Waals surface area (Å²) in [6.45, 7) is 3.02. The Hall–Kier alpha value is -3.64. The minimum absolute atomic E-state index is 0.110. The molecule has 0 aliphatic heterocycles. The van der Waals surface area contributed by atoms with Crippen molar-refractivity contribution in [1.29, 1.82) is 0 Å². The van der Waals surface area contributed by atoms with Crippen LogP contribution in [0.15, 0.2) is 71.3 Å². The van der Waals surface area contributed by atoms with Crippen LogP contribution in [0.4, 0.5) is 5.69 Å². The van der Waals surface area contributed by atoms with Crippen LogP contribution in [0.1, 0.15) is 19.2 Å². The maximum Gasteiger partial charge on any atom is 0.227 e. The van der Waals surface area contributed by atoms with Crippen LogP contribution in [0, 0.1) is 0 Å². The summed E-state index contributed by atoms with van der Waals surface area (Å²) in [4.78, 5) is 16.9. The van der Waals surface area contributed by atoms with Gasteiger partial charge in [0.15, 0.2) is 0 Å². The van der Waals surface area contributed by atoms with Gasteiger partial charge in [0.25, 0.3) is 0 Å². The molecule has 0 aliphatic carbocycles. The molecule has 2 heterocycles. The molecule has 1 N–H and O–H groups in total. The normalized spacial score (nSPS) is 11.3. The predicted molar refractivity (Wildman–Crippen MR) is 127 cm³/mol. The molecule has 5 rings (SSSR count). The minimum Gasteiger partial charge on any atom is -0.341 e. The van der Waals surface area contributed by atoms with Crippen molar-refractivity contribution in [1.82, 2.24) is 14.7 Å². The third kappa shape index (κ3) is 3.74. The SMILES string of the molecule is CCn1c2ccccc2c2cc(NC(=O)CCc3nc(-c4ccccc4Cl)no3)ccc21. The molecule has 1 amide bonds. The van der Waals surface area contributed by atoms with Gasteiger partial charge < -0.3 is 14.4 Å². The first-order valence-electron chi connectivity index (χ1n) is 10.5. The molecule has 2 aromatic heterocycles. The number of fused-ring (bicyclic) bond motifs is 3. The predicted octanol–water partition coefficient (Wildman–Crippen LogP) is 6.09. The molecule has 160 valence electrons. The molecule has 0 saturated heterocycles. The first-order chi connectivity index (χ1) is 15.6. The lowest BCUT2D eigenvalue weighted by Crippen LogP contribution is -2.12. The Kier molecular flexibility index (Phi) is 5.37. The van der Waals surface area contributed by atoms with Crippen LogP contribution in [0.25, 0.3) is 33.2 Å². The number of nitrogens with one attached hydrogen (secondary N) is 1. The molecular formula is C25H21ClN4O2. The van der Waals surface area contributed by atoms with Crippen molar-refractivity contribution in [2.45, 2.75) is 26.3 Å². The average Bonchev–Trinajstić information content (AvgIpc) is 3.40. The summed E-state index contributed by atoms with van der Waals surface area (Å²) in [6.07, 6.45) is 0.583. The standard InChI is InChI=1S/C25H21ClN4O2/c1-2-30-21-10-6-4-7-17(21)19-15-16(11-12-22(19)30)27-23(31)13-14-24-28-25(29-32-24)18-8-3-5-9-20(18)26/h3-12,15H,2,13-14H2,1H3,(H,27,31). The molecular weight excluding hydrogens is 424 g/mol. The number of para-hydroxylation sites is 1. The van der Waals surface area contributed by atoms with Crippen LogP contribution in [0.5, 0.6) is 0 Å². The lowest BCUT2D eigenvalue weighted by atomic mass is 10.1. The highest BCUT2D eigenvalue weighted by atomic mass is 35.5. The van der Waals surface area contributed by atoms with Crippen molar-refractivity contribution in [3.05, 3.63) is 77.6 Å². The zero-order valence-electron chi connectivity index (χ0n) is 17.5. The van der Waals surface area contributed by atoms with Gasteiger partial charge in [0.2, 0.25) is 17.6 Å². The Morgan fingerprint density at radius 3 is 2.66 bits per heavy atom. The van der Waals surface area contributed by atoms with Gasteiger partial charge in [-0.2, -0.15) is 4.98 Å². The first-order valence-corrected chi connectivity index (χ1v) is 10.9. The van der Waals surface area contributed by atoms with Gasteiger partial charge in [-0.1, -0.05) is 47.1 Å². The number of amides is 1. The van der Waals surface area contributed by atoms with E-state index in [1.807, 2.05) is 42.5 Å². The van der Waals surface area contributed by atoms with Gasteiger partial charge in [0.1, 0.15) is 0 Å². The highest BCUT2D eigenvalue weighted by molar-refractivity contribution is 6.33. The van der Waals surface area contributed by atoms with Gasteiger partial charge in [-0.05, 0) is 43.3 Å². The summed E-state index contributed by atoms with van der Waals surface area (Å²) in [5, 5.41) is 9.82. The van der Waals surface area contributed by atoms with Crippen LogP contribution < -0.4 is 5.32 Å². The highest BCUT2D eigenvalue weighted by Gasteiger charge is 2.14. The number of nitrogens with zero attached hydrogens (tertiary/aromatic N) is 3. The topological polar surface area (TPSA) is 73.0 Å². The molecule has 0 spiro atoms. The molecule has 0 radical (unpaired) electrons. The number of hydrogen-bond donors (Lipinski definition) is 1. The van der Waals surface area contributed by atoms with Crippen molar-refractivity contribution in [2.75, 3.05) is 5.32 Å². The van der Waals surface area contributed by atoms with Crippen molar-refractivity contribution < 1.29 is 9.32 Å². The number of hydrogen-bond acceptors (Lipinski definition) is 4. The van der Waals surface area contributed by atoms with E-state index in [4.69, 9.17) is 16.1 Å². The van der Waals surface area contributed by atoms with E-state index < -0.39 is 0 Å². The number of halogens is 1. The first kappa shape index (κ1) is 20.3. The number of aryl methyl sites for hydroxylation is 2. The van der Waals surface area contributed by atoms with Crippen LogP contribution >= 0.6 is 11.6 Å². The molecule has 6 nitrogen and oxygen atoms in total. The zero-order valence-corrected chi connectivity index (χ0v) is 18.3. The largest absolute Gasteiger partial charge is 0.341 e. The van der Waals surface area contributed by atoms with Crippen molar-refractivity contribution in [3.63, 3.8) is 0 Å². The van der Waals surface area contributed by atoms with Crippen molar-refractivity contribution in [3.8, 4) is 11.4 Å². The Morgan fingerprint density at radius 1 is 1.03 bits per heavy atom. The van der Waals surface area contributed by atoms with E-state index in [0.717, 1.165) is 23.1 Å². The van der Waals surface area contributed by atoms with Gasteiger partial charge in [-0.25, -0.2) is 0 Å². The summed E-state index contributed by atoms with van der Waals surface area (Å²) in [5.74, 6) is 0.710. The number of rotatable bonds is 6. The van der Waals surface area contributed by atoms with Gasteiger partial charge in [-0.3, -0.25) is 4.79 Å². The molecule has 7 heteroatoms. The van der Waals surface area contributed by atoms with E-state index in [0.29, 0.717) is 28.7 Å². The third-order valence-electron chi connectivity index (χ3n) is 5.52. The molecule has 0 saturated carbocycles. The molecule has 3 aromatic carbocycles. The van der Waals surface area contributed by atoms with Crippen LogP contribution in [0.2, 0.25) is 5.02 Å². The second-order valence-electron chi connectivity index (χ2n) is 7.53. The van der Waals surface area contributed by atoms with Gasteiger partial charge in [0.05, 0.1) is 5.02 Å². The lowest BCUT2D eigenvalue weighted by Gasteiger charge is -2.06. The molecule has 0 fully saturated rings. The summed E-state index contributed by atoms with van der Waals surface area (Å²) in [6, 6.07) is 21.6. The molecule has 0 unspecified atom stereocenters. The van der Waals surface area contributed by atoms with Crippen LogP contribution in [-0.2, 0) is 17.8 Å². The van der Waals surface area contributed by atoms with Crippen molar-refractivity contribution >= 4 is 45.0 Å². The summed E-state index contributed by atoms with van der Waals surface area (Å²) >= 11 is 6.19. The number of anilines is 1. The third-order valence-corrected chi connectivity index (χ3v) is 5.85. The van der Waals surface area contributed by atoms with E-state index in [2.05, 4.69) is 45.1 Å². The van der Waals surface area contributed by atoms with E-state index in [1.165, 1.54) is 10.9 Å². The summed E-state index contributed by atoms with van der Waals surface area (Å²) < 4.78 is 7.57. The van der Waals surface area contributed by atoms with Gasteiger partial charge >= 0.3 is 0 Å². The van der Waals surface area contributed by atoms with Gasteiger partial charge in [-0.15, -0.1) is 0 Å². The Labute approximate surface area is 189 Å². The van der Waals surface area contributed by atoms with E-state index in [-0.39, 0.29) is 12.3 Å². The fourth-order valence-corrected chi connectivity index (χ4v) is 4.24. The molecule has 0 bridgehead atoms. The Morgan fingerprint density at radius 2 is 1.81 bits per heavy atom. The van der Waals surface area contributed by atoms with E-state index in [9.17, 15) is 4.79 Å². The number of benzene rings is 3. The summed E-state index contributed by atoms with van der Waals surface area (Å²) in [7, 11) is 0. The maximum absolute atomic E-state index is 12.6. The highest BCUT2D eigenvalue weighted by Crippen LogP contribution is 2.31. The lowest BCUT2D eigenvalue weighted by molar-refractivity contribution is -0.116. The van der Waals surface area contributed by atoms with Crippen molar-refractivity contribution in [2.24, 2.45) is 0 Å². The average molecular weight is 445 g/mol. The zero-order chi connectivity index (χ0) is 22.1. The molecule has 32 heavy (non-hydrogen) atoms. The number of carbonyl (C=O) groups excluding carboxylic acids is 1. The van der Waals surface area contributed by atoms with E-state index in [1.54, 1.807) is 6.07 Å². The maximum atomic E-state index is 12.6. The smallest absolute Gasteiger partial charge is 0.227 e. The van der Waals surface area contributed by atoms with Gasteiger partial charge in [0, 0.05) is 52.4 Å². The quantitative estimate of drug-likeness (QED) is 0.344. The monoisotopic (exact) mass is 444 g/mol. The molecule has 0 aliphatic rings. The fraction of sp³-hybridized carbons (Fsp3) is 0.160. The number of aromatic nitrogens is 3. The number of carbonyl (C=O) groups is 1.